The molecule has 120 valence electrons. The van der Waals surface area contributed by atoms with Crippen molar-refractivity contribution in [1.29, 1.82) is 0 Å². The molecule has 2 heterocycles. The minimum absolute atomic E-state index is 0.275. The number of hydrogen-bond donors (Lipinski definition) is 1. The number of likely N-dealkylation sites (tertiary alicyclic amines) is 1. The summed E-state index contributed by atoms with van der Waals surface area (Å²) in [7, 11) is 0. The van der Waals surface area contributed by atoms with Crippen molar-refractivity contribution in [2.45, 2.75) is 19.4 Å². The fourth-order valence-electron chi connectivity index (χ4n) is 2.47. The summed E-state index contributed by atoms with van der Waals surface area (Å²) in [5.41, 5.74) is 6.27. The maximum Gasteiger partial charge on any atom is 0.274 e. The topological polar surface area (TPSA) is 76.3 Å². The lowest BCUT2D eigenvalue weighted by atomic mass is 10.0. The summed E-state index contributed by atoms with van der Waals surface area (Å²) in [6.07, 6.45) is 0.571. The zero-order chi connectivity index (χ0) is 16.7. The van der Waals surface area contributed by atoms with Gasteiger partial charge in [-0.3, -0.25) is 9.59 Å². The van der Waals surface area contributed by atoms with E-state index in [-0.39, 0.29) is 17.4 Å². The zero-order valence-corrected chi connectivity index (χ0v) is 14.6. The third-order valence-corrected chi connectivity index (χ3v) is 5.35. The van der Waals surface area contributed by atoms with Crippen LogP contribution in [0.2, 0.25) is 0 Å². The summed E-state index contributed by atoms with van der Waals surface area (Å²) in [5.74, 6) is -1.21. The number of nitrogens with two attached hydrogens (primary N) is 1. The molecule has 23 heavy (non-hydrogen) atoms. The van der Waals surface area contributed by atoms with Gasteiger partial charge in [-0.1, -0.05) is 6.07 Å². The molecule has 1 atom stereocenters. The van der Waals surface area contributed by atoms with E-state index in [0.29, 0.717) is 27.9 Å². The van der Waals surface area contributed by atoms with Gasteiger partial charge in [0.2, 0.25) is 5.91 Å². The Hall–Kier alpha value is -1.80. The highest BCUT2D eigenvalue weighted by molar-refractivity contribution is 9.10. The van der Waals surface area contributed by atoms with Gasteiger partial charge < -0.3 is 10.6 Å². The third kappa shape index (κ3) is 2.88. The van der Waals surface area contributed by atoms with Crippen LogP contribution in [0.4, 0.5) is 4.39 Å². The largest absolute Gasteiger partial charge is 0.368 e. The van der Waals surface area contributed by atoms with E-state index in [4.69, 9.17) is 5.73 Å². The minimum Gasteiger partial charge on any atom is -0.368 e. The first-order chi connectivity index (χ1) is 10.9. The zero-order valence-electron chi connectivity index (χ0n) is 12.2. The highest BCUT2D eigenvalue weighted by Gasteiger charge is 2.38. The number of primary amides is 1. The van der Waals surface area contributed by atoms with Gasteiger partial charge in [-0.05, 0) is 47.0 Å². The maximum atomic E-state index is 13.4. The predicted molar refractivity (Wildman–Crippen MR) is 88.6 cm³/mol. The number of carbonyl (C=O) groups excluding carboxylic acids is 2. The molecule has 0 bridgehead atoms. The summed E-state index contributed by atoms with van der Waals surface area (Å²) < 4.78 is 13.7. The number of aryl methyl sites for hydroxylation is 1. The molecule has 8 heteroatoms. The Bertz CT molecular complexity index is 808. The second-order valence-corrected chi connectivity index (χ2v) is 7.30. The molecular weight excluding hydrogens is 385 g/mol. The standard InChI is InChI=1S/C15H13BrFN3O2S/c1-7-19-12(15(22)20-5-4-11(20)14(18)21)13(23-7)8-2-3-10(17)9(16)6-8/h2-3,6,11H,4-5H2,1H3,(H2,18,21). The van der Waals surface area contributed by atoms with E-state index < -0.39 is 11.9 Å². The summed E-state index contributed by atoms with van der Waals surface area (Å²) in [6.45, 7) is 2.28. The van der Waals surface area contributed by atoms with Gasteiger partial charge in [0, 0.05) is 6.54 Å². The minimum atomic E-state index is -0.572. The first kappa shape index (κ1) is 16.1. The van der Waals surface area contributed by atoms with Gasteiger partial charge in [-0.2, -0.15) is 0 Å². The molecule has 1 unspecified atom stereocenters. The number of nitrogens with zero attached hydrogens (tertiary/aromatic N) is 2. The average molecular weight is 398 g/mol. The quantitative estimate of drug-likeness (QED) is 0.864. The summed E-state index contributed by atoms with van der Waals surface area (Å²) >= 11 is 4.50. The van der Waals surface area contributed by atoms with Crippen LogP contribution in [0.15, 0.2) is 22.7 Å². The van der Waals surface area contributed by atoms with Crippen LogP contribution in [0.3, 0.4) is 0 Å². The molecule has 3 rings (SSSR count). The van der Waals surface area contributed by atoms with Crippen molar-refractivity contribution in [2.24, 2.45) is 5.73 Å². The molecule has 1 aromatic heterocycles. The summed E-state index contributed by atoms with van der Waals surface area (Å²) in [4.78, 5) is 30.4. The van der Waals surface area contributed by atoms with E-state index in [2.05, 4.69) is 20.9 Å². The Balaban J connectivity index is 1.99. The fourth-order valence-corrected chi connectivity index (χ4v) is 3.75. The molecule has 0 spiro atoms. The SMILES string of the molecule is Cc1nc(C(=O)N2CCC2C(N)=O)c(-c2ccc(F)c(Br)c2)s1. The number of amides is 2. The Labute approximate surface area is 144 Å². The smallest absolute Gasteiger partial charge is 0.274 e. The van der Waals surface area contributed by atoms with Crippen LogP contribution in [-0.4, -0.2) is 34.3 Å². The van der Waals surface area contributed by atoms with Crippen LogP contribution in [0, 0.1) is 12.7 Å². The molecule has 1 aliphatic rings. The monoisotopic (exact) mass is 397 g/mol. The normalized spacial score (nSPS) is 17.0. The first-order valence-electron chi connectivity index (χ1n) is 6.91. The fraction of sp³-hybridized carbons (Fsp3) is 0.267. The summed E-state index contributed by atoms with van der Waals surface area (Å²) in [5, 5.41) is 0.722. The van der Waals surface area contributed by atoms with Gasteiger partial charge in [0.25, 0.3) is 5.91 Å². The Morgan fingerprint density at radius 3 is 2.78 bits per heavy atom. The van der Waals surface area contributed by atoms with Crippen molar-refractivity contribution in [3.63, 3.8) is 0 Å². The van der Waals surface area contributed by atoms with Crippen LogP contribution in [-0.2, 0) is 4.79 Å². The number of hydrogen-bond acceptors (Lipinski definition) is 4. The molecule has 0 radical (unpaired) electrons. The number of carbonyl (C=O) groups is 2. The molecule has 2 N–H and O–H groups in total. The van der Waals surface area contributed by atoms with Crippen molar-refractivity contribution >= 4 is 39.1 Å². The molecule has 1 aromatic carbocycles. The molecule has 1 saturated heterocycles. The van der Waals surface area contributed by atoms with Crippen molar-refractivity contribution in [3.8, 4) is 10.4 Å². The van der Waals surface area contributed by atoms with Gasteiger partial charge in [0.1, 0.15) is 17.6 Å². The van der Waals surface area contributed by atoms with Gasteiger partial charge >= 0.3 is 0 Å². The lowest BCUT2D eigenvalue weighted by Gasteiger charge is -2.38. The van der Waals surface area contributed by atoms with Crippen molar-refractivity contribution < 1.29 is 14.0 Å². The van der Waals surface area contributed by atoms with Gasteiger partial charge in [-0.25, -0.2) is 9.37 Å². The van der Waals surface area contributed by atoms with E-state index in [1.807, 2.05) is 0 Å². The first-order valence-corrected chi connectivity index (χ1v) is 8.52. The second-order valence-electron chi connectivity index (χ2n) is 5.24. The third-order valence-electron chi connectivity index (χ3n) is 3.73. The lowest BCUT2D eigenvalue weighted by molar-refractivity contribution is -0.125. The van der Waals surface area contributed by atoms with Crippen LogP contribution >= 0.6 is 27.3 Å². The molecule has 1 fully saturated rings. The average Bonchev–Trinajstić information content (AvgIpc) is 2.82. The van der Waals surface area contributed by atoms with E-state index in [1.54, 1.807) is 19.1 Å². The van der Waals surface area contributed by atoms with Crippen LogP contribution in [0.1, 0.15) is 21.9 Å². The van der Waals surface area contributed by atoms with E-state index in [1.165, 1.54) is 22.3 Å². The highest BCUT2D eigenvalue weighted by Crippen LogP contribution is 2.34. The number of aromatic nitrogens is 1. The molecule has 5 nitrogen and oxygen atoms in total. The number of benzene rings is 1. The molecule has 0 aliphatic carbocycles. The van der Waals surface area contributed by atoms with Crippen LogP contribution in [0.5, 0.6) is 0 Å². The number of halogens is 2. The molecule has 1 aliphatic heterocycles. The second kappa shape index (κ2) is 6.01. The van der Waals surface area contributed by atoms with E-state index >= 15 is 0 Å². The Morgan fingerprint density at radius 2 is 2.22 bits per heavy atom. The lowest BCUT2D eigenvalue weighted by Crippen LogP contribution is -2.57. The molecule has 0 saturated carbocycles. The Morgan fingerprint density at radius 1 is 1.48 bits per heavy atom. The van der Waals surface area contributed by atoms with Gasteiger partial charge in [-0.15, -0.1) is 11.3 Å². The van der Waals surface area contributed by atoms with Gasteiger partial charge in [0.15, 0.2) is 0 Å². The predicted octanol–water partition coefficient (Wildman–Crippen LogP) is 2.72. The number of thiazole rings is 1. The van der Waals surface area contributed by atoms with Crippen LogP contribution in [0.25, 0.3) is 10.4 Å². The van der Waals surface area contributed by atoms with Crippen molar-refractivity contribution in [3.05, 3.63) is 39.2 Å². The van der Waals surface area contributed by atoms with Crippen molar-refractivity contribution in [2.75, 3.05) is 6.54 Å². The molecular formula is C15H13BrFN3O2S. The van der Waals surface area contributed by atoms with E-state index in [0.717, 1.165) is 5.01 Å². The highest BCUT2D eigenvalue weighted by atomic mass is 79.9. The molecule has 2 amide bonds. The summed E-state index contributed by atoms with van der Waals surface area (Å²) in [6, 6.07) is 3.97. The van der Waals surface area contributed by atoms with Crippen LogP contribution < -0.4 is 5.73 Å². The van der Waals surface area contributed by atoms with E-state index in [9.17, 15) is 14.0 Å². The van der Waals surface area contributed by atoms with Crippen molar-refractivity contribution in [1.82, 2.24) is 9.88 Å². The number of rotatable bonds is 3. The maximum absolute atomic E-state index is 13.4. The Kier molecular flexibility index (Phi) is 4.20. The van der Waals surface area contributed by atoms with Gasteiger partial charge in [0.05, 0.1) is 14.4 Å². The molecule has 2 aromatic rings.